The number of nitrogens with zero attached hydrogens (tertiary/aromatic N) is 2. The van der Waals surface area contributed by atoms with Crippen LogP contribution in [0, 0.1) is 6.92 Å². The fraction of sp³-hybridized carbons (Fsp3) is 0.318. The van der Waals surface area contributed by atoms with Gasteiger partial charge in [0.2, 0.25) is 0 Å². The Kier molecular flexibility index (Phi) is 5.92. The van der Waals surface area contributed by atoms with Gasteiger partial charge in [0.1, 0.15) is 5.00 Å². The number of ether oxygens (including phenoxy) is 1. The Morgan fingerprint density at radius 2 is 2.17 bits per heavy atom. The second-order valence-electron chi connectivity index (χ2n) is 7.14. The van der Waals surface area contributed by atoms with Gasteiger partial charge in [0.15, 0.2) is 0 Å². The molecular weight excluding hydrogens is 422 g/mol. The van der Waals surface area contributed by atoms with E-state index in [2.05, 4.69) is 10.1 Å². The zero-order valence-corrected chi connectivity index (χ0v) is 18.4. The van der Waals surface area contributed by atoms with E-state index in [0.29, 0.717) is 39.1 Å². The number of H-pyrrole nitrogens is 1. The number of esters is 1. The van der Waals surface area contributed by atoms with E-state index in [0.717, 1.165) is 31.2 Å². The molecule has 0 saturated heterocycles. The van der Waals surface area contributed by atoms with E-state index in [9.17, 15) is 9.59 Å². The molecule has 0 amide bonds. The summed E-state index contributed by atoms with van der Waals surface area (Å²) in [5, 5.41) is 4.22. The number of carbonyl (C=O) groups is 1. The lowest BCUT2D eigenvalue weighted by Gasteiger charge is -2.11. The van der Waals surface area contributed by atoms with Gasteiger partial charge in [-0.3, -0.25) is 9.89 Å². The Morgan fingerprint density at radius 3 is 2.93 bits per heavy atom. The summed E-state index contributed by atoms with van der Waals surface area (Å²) in [7, 11) is 0. The standard InChI is InChI=1S/C22H22ClN3O3S/c1-3-29-22(28)19-16-9-4-5-10-18(16)30-20(19)24-12-17-13(2)25-26(21(17)27)15-8-6-7-14(23)11-15/h6-8,11-12,25H,3-5,9-10H2,1-2H3/b24-12+. The van der Waals surface area contributed by atoms with Crippen molar-refractivity contribution >= 4 is 40.1 Å². The third-order valence-corrected chi connectivity index (χ3v) is 6.56. The number of thiophene rings is 1. The molecular formula is C22H22ClN3O3S. The molecule has 2 heterocycles. The molecule has 156 valence electrons. The van der Waals surface area contributed by atoms with Gasteiger partial charge in [-0.1, -0.05) is 17.7 Å². The van der Waals surface area contributed by atoms with Crippen LogP contribution in [-0.4, -0.2) is 28.6 Å². The van der Waals surface area contributed by atoms with Crippen molar-refractivity contribution in [3.63, 3.8) is 0 Å². The molecule has 0 spiro atoms. The number of hydrogen-bond acceptors (Lipinski definition) is 5. The van der Waals surface area contributed by atoms with Crippen LogP contribution in [0.2, 0.25) is 5.02 Å². The SMILES string of the molecule is CCOC(=O)c1c(/N=C/c2c(C)[nH]n(-c3cccc(Cl)c3)c2=O)sc2c1CCCC2. The predicted molar refractivity (Wildman–Crippen MR) is 120 cm³/mol. The zero-order chi connectivity index (χ0) is 21.3. The third kappa shape index (κ3) is 3.87. The van der Waals surface area contributed by atoms with Crippen molar-refractivity contribution in [2.24, 2.45) is 4.99 Å². The van der Waals surface area contributed by atoms with Crippen LogP contribution in [0.5, 0.6) is 0 Å². The molecule has 30 heavy (non-hydrogen) atoms. The Morgan fingerprint density at radius 1 is 1.37 bits per heavy atom. The molecule has 1 aliphatic carbocycles. The first-order chi connectivity index (χ1) is 14.5. The van der Waals surface area contributed by atoms with Crippen molar-refractivity contribution in [3.05, 3.63) is 66.9 Å². The smallest absolute Gasteiger partial charge is 0.341 e. The number of aliphatic imine (C=N–C) groups is 1. The Hall–Kier alpha value is -2.64. The van der Waals surface area contributed by atoms with Crippen molar-refractivity contribution in [2.75, 3.05) is 6.61 Å². The maximum absolute atomic E-state index is 12.9. The van der Waals surface area contributed by atoms with Crippen LogP contribution in [0.3, 0.4) is 0 Å². The minimum Gasteiger partial charge on any atom is -0.462 e. The molecule has 0 aliphatic heterocycles. The highest BCUT2D eigenvalue weighted by atomic mass is 35.5. The van der Waals surface area contributed by atoms with Crippen LogP contribution >= 0.6 is 22.9 Å². The van der Waals surface area contributed by atoms with Crippen LogP contribution in [0.4, 0.5) is 5.00 Å². The number of rotatable bonds is 5. The monoisotopic (exact) mass is 443 g/mol. The van der Waals surface area contributed by atoms with E-state index in [1.165, 1.54) is 27.1 Å². The third-order valence-electron chi connectivity index (χ3n) is 5.13. The first-order valence-electron chi connectivity index (χ1n) is 9.93. The van der Waals surface area contributed by atoms with Gasteiger partial charge in [0.25, 0.3) is 5.56 Å². The summed E-state index contributed by atoms with van der Waals surface area (Å²) < 4.78 is 6.71. The van der Waals surface area contributed by atoms with Crippen LogP contribution in [-0.2, 0) is 17.6 Å². The molecule has 3 aromatic rings. The number of carbonyl (C=O) groups excluding carboxylic acids is 1. The summed E-state index contributed by atoms with van der Waals surface area (Å²) in [6.07, 6.45) is 5.52. The highest BCUT2D eigenvalue weighted by Gasteiger charge is 2.26. The maximum Gasteiger partial charge on any atom is 0.341 e. The molecule has 0 radical (unpaired) electrons. The van der Waals surface area contributed by atoms with Gasteiger partial charge in [-0.25, -0.2) is 14.5 Å². The van der Waals surface area contributed by atoms with Crippen molar-refractivity contribution in [2.45, 2.75) is 39.5 Å². The highest BCUT2D eigenvalue weighted by molar-refractivity contribution is 7.16. The number of aromatic amines is 1. The van der Waals surface area contributed by atoms with E-state index in [-0.39, 0.29) is 11.5 Å². The number of halogens is 1. The van der Waals surface area contributed by atoms with Crippen molar-refractivity contribution in [3.8, 4) is 5.69 Å². The summed E-state index contributed by atoms with van der Waals surface area (Å²) >= 11 is 7.58. The molecule has 0 bridgehead atoms. The average molecular weight is 444 g/mol. The Balaban J connectivity index is 1.74. The largest absolute Gasteiger partial charge is 0.462 e. The lowest BCUT2D eigenvalue weighted by atomic mass is 9.95. The fourth-order valence-electron chi connectivity index (χ4n) is 3.69. The van der Waals surface area contributed by atoms with Gasteiger partial charge in [0, 0.05) is 21.8 Å². The van der Waals surface area contributed by atoms with Crippen LogP contribution in [0.15, 0.2) is 34.1 Å². The highest BCUT2D eigenvalue weighted by Crippen LogP contribution is 2.40. The van der Waals surface area contributed by atoms with Crippen LogP contribution in [0.25, 0.3) is 5.69 Å². The van der Waals surface area contributed by atoms with Gasteiger partial charge in [-0.15, -0.1) is 11.3 Å². The van der Waals surface area contributed by atoms with E-state index in [4.69, 9.17) is 16.3 Å². The maximum atomic E-state index is 12.9. The quantitative estimate of drug-likeness (QED) is 0.445. The minimum absolute atomic E-state index is 0.225. The number of fused-ring (bicyclic) bond motifs is 1. The Bertz CT molecular complexity index is 1190. The van der Waals surface area contributed by atoms with E-state index >= 15 is 0 Å². The summed E-state index contributed by atoms with van der Waals surface area (Å²) in [5.41, 5.74) is 3.15. The van der Waals surface area contributed by atoms with Crippen molar-refractivity contribution in [1.82, 2.24) is 9.78 Å². The molecule has 0 atom stereocenters. The van der Waals surface area contributed by atoms with E-state index in [1.807, 2.05) is 6.92 Å². The van der Waals surface area contributed by atoms with Crippen molar-refractivity contribution in [1.29, 1.82) is 0 Å². The molecule has 6 nitrogen and oxygen atoms in total. The van der Waals surface area contributed by atoms with Gasteiger partial charge >= 0.3 is 5.97 Å². The Labute approximate surface area is 183 Å². The second kappa shape index (κ2) is 8.62. The van der Waals surface area contributed by atoms with Gasteiger partial charge in [-0.05, 0) is 63.3 Å². The second-order valence-corrected chi connectivity index (χ2v) is 8.66. The lowest BCUT2D eigenvalue weighted by molar-refractivity contribution is 0.0526. The average Bonchev–Trinajstić information content (AvgIpc) is 3.23. The topological polar surface area (TPSA) is 76.4 Å². The summed E-state index contributed by atoms with van der Waals surface area (Å²) in [4.78, 5) is 31.3. The fourth-order valence-corrected chi connectivity index (χ4v) is 5.09. The number of nitrogens with one attached hydrogen (secondary N) is 1. The van der Waals surface area contributed by atoms with E-state index in [1.54, 1.807) is 31.2 Å². The molecule has 8 heteroatoms. The number of aryl methyl sites for hydroxylation is 2. The summed E-state index contributed by atoms with van der Waals surface area (Å²) in [5.74, 6) is -0.342. The van der Waals surface area contributed by atoms with E-state index < -0.39 is 0 Å². The normalized spacial score (nSPS) is 13.6. The first-order valence-corrected chi connectivity index (χ1v) is 11.1. The van der Waals surface area contributed by atoms with Crippen LogP contribution < -0.4 is 5.56 Å². The van der Waals surface area contributed by atoms with Gasteiger partial charge < -0.3 is 4.74 Å². The predicted octanol–water partition coefficient (Wildman–Crippen LogP) is 5.00. The number of benzene rings is 1. The van der Waals surface area contributed by atoms with Crippen molar-refractivity contribution < 1.29 is 9.53 Å². The molecule has 0 fully saturated rings. The summed E-state index contributed by atoms with van der Waals surface area (Å²) in [6.45, 7) is 3.92. The molecule has 0 saturated carbocycles. The lowest BCUT2D eigenvalue weighted by Crippen LogP contribution is -2.17. The number of hydrogen-bond donors (Lipinski definition) is 1. The zero-order valence-electron chi connectivity index (χ0n) is 16.8. The molecule has 1 aliphatic rings. The first kappa shape index (κ1) is 20.6. The minimum atomic E-state index is -0.342. The molecule has 1 N–H and O–H groups in total. The molecule has 2 aromatic heterocycles. The summed E-state index contributed by atoms with van der Waals surface area (Å²) in [6, 6.07) is 7.06. The number of aromatic nitrogens is 2. The molecule has 4 rings (SSSR count). The molecule has 0 unspecified atom stereocenters. The molecule has 1 aromatic carbocycles. The van der Waals surface area contributed by atoms with Gasteiger partial charge in [0.05, 0.1) is 23.4 Å². The van der Waals surface area contributed by atoms with Crippen LogP contribution in [0.1, 0.15) is 51.8 Å². The van der Waals surface area contributed by atoms with Gasteiger partial charge in [-0.2, -0.15) is 0 Å².